The Bertz CT molecular complexity index is 510. The lowest BCUT2D eigenvalue weighted by molar-refractivity contribution is 0.985. The van der Waals surface area contributed by atoms with Gasteiger partial charge in [0, 0.05) is 6.20 Å². The molecular weight excluding hydrogens is 236 g/mol. The van der Waals surface area contributed by atoms with E-state index < -0.39 is 0 Å². The van der Waals surface area contributed by atoms with Gasteiger partial charge in [-0.25, -0.2) is 0 Å². The Labute approximate surface area is 105 Å². The quantitative estimate of drug-likeness (QED) is 0.820. The van der Waals surface area contributed by atoms with Crippen LogP contribution in [0.1, 0.15) is 11.4 Å². The topological polar surface area (TPSA) is 63.8 Å². The van der Waals surface area contributed by atoms with Crippen molar-refractivity contribution in [3.05, 3.63) is 47.0 Å². The van der Waals surface area contributed by atoms with Crippen LogP contribution in [0.3, 0.4) is 0 Å². The maximum absolute atomic E-state index is 5.92. The fourth-order valence-corrected chi connectivity index (χ4v) is 1.56. The van der Waals surface area contributed by atoms with Crippen LogP contribution in [0.15, 0.2) is 30.6 Å². The van der Waals surface area contributed by atoms with E-state index in [2.05, 4.69) is 15.3 Å². The van der Waals surface area contributed by atoms with Gasteiger partial charge in [0.2, 0.25) is 0 Å². The summed E-state index contributed by atoms with van der Waals surface area (Å²) in [7, 11) is 0. The number of nitrogen functional groups attached to an aromatic ring is 1. The first-order chi connectivity index (χ1) is 8.16. The molecule has 1 aromatic carbocycles. The SMILES string of the molecule is Cc1cnc(CNc2cccc(Cl)c2N)cn1. The summed E-state index contributed by atoms with van der Waals surface area (Å²) in [6.07, 6.45) is 3.47. The molecule has 0 radical (unpaired) electrons. The summed E-state index contributed by atoms with van der Waals surface area (Å²) in [5.74, 6) is 0. The third-order valence-electron chi connectivity index (χ3n) is 2.35. The van der Waals surface area contributed by atoms with Crippen LogP contribution in [-0.4, -0.2) is 9.97 Å². The van der Waals surface area contributed by atoms with Gasteiger partial charge in [-0.1, -0.05) is 17.7 Å². The predicted octanol–water partition coefficient (Wildman–Crippen LogP) is 2.63. The van der Waals surface area contributed by atoms with E-state index in [4.69, 9.17) is 17.3 Å². The van der Waals surface area contributed by atoms with E-state index in [1.54, 1.807) is 18.5 Å². The molecule has 2 aromatic rings. The van der Waals surface area contributed by atoms with Gasteiger partial charge in [-0.3, -0.25) is 9.97 Å². The Balaban J connectivity index is 2.07. The van der Waals surface area contributed by atoms with Gasteiger partial charge in [0.1, 0.15) is 0 Å². The lowest BCUT2D eigenvalue weighted by Crippen LogP contribution is -2.04. The average molecular weight is 249 g/mol. The van der Waals surface area contributed by atoms with E-state index in [0.29, 0.717) is 17.3 Å². The fraction of sp³-hybridized carbons (Fsp3) is 0.167. The lowest BCUT2D eigenvalue weighted by Gasteiger charge is -2.09. The number of hydrogen-bond acceptors (Lipinski definition) is 4. The molecule has 2 rings (SSSR count). The van der Waals surface area contributed by atoms with E-state index in [1.165, 1.54) is 0 Å². The van der Waals surface area contributed by atoms with Gasteiger partial charge >= 0.3 is 0 Å². The standard InChI is InChI=1S/C12H13ClN4/c1-8-5-16-9(6-15-8)7-17-11-4-2-3-10(13)12(11)14/h2-6,17H,7,14H2,1H3. The zero-order valence-corrected chi connectivity index (χ0v) is 10.2. The minimum Gasteiger partial charge on any atom is -0.396 e. The average Bonchev–Trinajstić information content (AvgIpc) is 2.33. The van der Waals surface area contributed by atoms with Crippen molar-refractivity contribution in [3.8, 4) is 0 Å². The number of aryl methyl sites for hydroxylation is 1. The van der Waals surface area contributed by atoms with Crippen molar-refractivity contribution in [2.75, 3.05) is 11.1 Å². The Hall–Kier alpha value is -1.81. The van der Waals surface area contributed by atoms with E-state index in [0.717, 1.165) is 17.1 Å². The molecule has 4 nitrogen and oxygen atoms in total. The van der Waals surface area contributed by atoms with E-state index in [9.17, 15) is 0 Å². The van der Waals surface area contributed by atoms with Gasteiger partial charge in [-0.05, 0) is 19.1 Å². The minimum atomic E-state index is 0.546. The van der Waals surface area contributed by atoms with Crippen molar-refractivity contribution < 1.29 is 0 Å². The van der Waals surface area contributed by atoms with Crippen molar-refractivity contribution in [2.45, 2.75) is 13.5 Å². The fourth-order valence-electron chi connectivity index (χ4n) is 1.39. The molecule has 0 saturated heterocycles. The van der Waals surface area contributed by atoms with Crippen LogP contribution in [0.5, 0.6) is 0 Å². The third kappa shape index (κ3) is 2.85. The van der Waals surface area contributed by atoms with Gasteiger partial charge in [0.05, 0.1) is 40.5 Å². The smallest absolute Gasteiger partial charge is 0.0777 e. The van der Waals surface area contributed by atoms with Crippen LogP contribution in [0, 0.1) is 6.92 Å². The molecule has 5 heteroatoms. The number of halogens is 1. The zero-order valence-electron chi connectivity index (χ0n) is 9.44. The van der Waals surface area contributed by atoms with Gasteiger partial charge in [0.15, 0.2) is 0 Å². The van der Waals surface area contributed by atoms with Crippen molar-refractivity contribution in [1.29, 1.82) is 0 Å². The van der Waals surface area contributed by atoms with Crippen molar-refractivity contribution in [3.63, 3.8) is 0 Å². The molecular formula is C12H13ClN4. The molecule has 0 unspecified atom stereocenters. The maximum Gasteiger partial charge on any atom is 0.0777 e. The molecule has 0 fully saturated rings. The second kappa shape index (κ2) is 5.01. The van der Waals surface area contributed by atoms with Gasteiger partial charge in [-0.15, -0.1) is 0 Å². The van der Waals surface area contributed by atoms with Crippen molar-refractivity contribution >= 4 is 23.0 Å². The highest BCUT2D eigenvalue weighted by Gasteiger charge is 2.02. The van der Waals surface area contributed by atoms with Gasteiger partial charge in [0.25, 0.3) is 0 Å². The molecule has 0 aliphatic carbocycles. The van der Waals surface area contributed by atoms with Crippen LogP contribution >= 0.6 is 11.6 Å². The summed E-state index contributed by atoms with van der Waals surface area (Å²) in [4.78, 5) is 8.42. The number of para-hydroxylation sites is 1. The normalized spacial score (nSPS) is 10.2. The first-order valence-corrected chi connectivity index (χ1v) is 5.60. The van der Waals surface area contributed by atoms with Crippen LogP contribution in [0.2, 0.25) is 5.02 Å². The second-order valence-electron chi connectivity index (χ2n) is 3.70. The summed E-state index contributed by atoms with van der Waals surface area (Å²) in [6.45, 7) is 2.47. The summed E-state index contributed by atoms with van der Waals surface area (Å²) in [6, 6.07) is 5.48. The van der Waals surface area contributed by atoms with Crippen LogP contribution in [-0.2, 0) is 6.54 Å². The minimum absolute atomic E-state index is 0.546. The molecule has 17 heavy (non-hydrogen) atoms. The van der Waals surface area contributed by atoms with Gasteiger partial charge in [-0.2, -0.15) is 0 Å². The predicted molar refractivity (Wildman–Crippen MR) is 70.0 cm³/mol. The highest BCUT2D eigenvalue weighted by Crippen LogP contribution is 2.26. The third-order valence-corrected chi connectivity index (χ3v) is 2.68. The van der Waals surface area contributed by atoms with E-state index >= 15 is 0 Å². The molecule has 0 amide bonds. The molecule has 0 aliphatic heterocycles. The van der Waals surface area contributed by atoms with Crippen LogP contribution in [0.25, 0.3) is 0 Å². The van der Waals surface area contributed by atoms with E-state index in [-0.39, 0.29) is 0 Å². The Morgan fingerprint density at radius 3 is 2.82 bits per heavy atom. The molecule has 1 aromatic heterocycles. The first-order valence-electron chi connectivity index (χ1n) is 5.22. The molecule has 1 heterocycles. The highest BCUT2D eigenvalue weighted by molar-refractivity contribution is 6.33. The summed E-state index contributed by atoms with van der Waals surface area (Å²) >= 11 is 5.92. The Morgan fingerprint density at radius 2 is 2.12 bits per heavy atom. The second-order valence-corrected chi connectivity index (χ2v) is 4.11. The molecule has 0 spiro atoms. The summed E-state index contributed by atoms with van der Waals surface area (Å²) < 4.78 is 0. The first kappa shape index (κ1) is 11.7. The number of rotatable bonds is 3. The number of nitrogens with zero attached hydrogens (tertiary/aromatic N) is 2. The van der Waals surface area contributed by atoms with E-state index in [1.807, 2.05) is 19.1 Å². The number of benzene rings is 1. The number of nitrogens with one attached hydrogen (secondary N) is 1. The highest BCUT2D eigenvalue weighted by atomic mass is 35.5. The molecule has 3 N–H and O–H groups in total. The monoisotopic (exact) mass is 248 g/mol. The largest absolute Gasteiger partial charge is 0.396 e. The molecule has 88 valence electrons. The van der Waals surface area contributed by atoms with Crippen LogP contribution in [0.4, 0.5) is 11.4 Å². The van der Waals surface area contributed by atoms with Crippen molar-refractivity contribution in [1.82, 2.24) is 9.97 Å². The molecule has 0 bridgehead atoms. The Kier molecular flexibility index (Phi) is 3.44. The number of hydrogen-bond donors (Lipinski definition) is 2. The molecule has 0 saturated carbocycles. The van der Waals surface area contributed by atoms with Gasteiger partial charge < -0.3 is 11.1 Å². The zero-order chi connectivity index (χ0) is 12.3. The summed E-state index contributed by atoms with van der Waals surface area (Å²) in [5.41, 5.74) is 8.95. The number of anilines is 2. The lowest BCUT2D eigenvalue weighted by atomic mass is 10.2. The number of nitrogens with two attached hydrogens (primary N) is 1. The van der Waals surface area contributed by atoms with Crippen molar-refractivity contribution in [2.24, 2.45) is 0 Å². The maximum atomic E-state index is 5.92. The number of aromatic nitrogens is 2. The summed E-state index contributed by atoms with van der Waals surface area (Å²) in [5, 5.41) is 3.72. The molecule has 0 atom stereocenters. The Morgan fingerprint density at radius 1 is 1.29 bits per heavy atom. The van der Waals surface area contributed by atoms with Crippen LogP contribution < -0.4 is 11.1 Å². The molecule has 0 aliphatic rings.